The maximum absolute atomic E-state index is 4.27. The van der Waals surface area contributed by atoms with E-state index in [1.54, 1.807) is 11.3 Å². The first-order valence-electron chi connectivity index (χ1n) is 8.72. The van der Waals surface area contributed by atoms with Crippen LogP contribution < -0.4 is 10.6 Å². The summed E-state index contributed by atoms with van der Waals surface area (Å²) in [5.41, 5.74) is 1.31. The van der Waals surface area contributed by atoms with E-state index in [9.17, 15) is 0 Å². The second-order valence-electron chi connectivity index (χ2n) is 5.97. The van der Waals surface area contributed by atoms with Crippen molar-refractivity contribution in [3.63, 3.8) is 0 Å². The molecule has 0 radical (unpaired) electrons. The molecule has 0 saturated carbocycles. The third-order valence-corrected chi connectivity index (χ3v) is 5.10. The van der Waals surface area contributed by atoms with Crippen LogP contribution in [0.25, 0.3) is 0 Å². The van der Waals surface area contributed by atoms with Gasteiger partial charge in [-0.25, -0.2) is 0 Å². The van der Waals surface area contributed by atoms with E-state index in [0.717, 1.165) is 19.0 Å². The van der Waals surface area contributed by atoms with Crippen molar-refractivity contribution in [3.8, 4) is 0 Å². The highest BCUT2D eigenvalue weighted by atomic mass is 32.1. The second kappa shape index (κ2) is 10.6. The van der Waals surface area contributed by atoms with Crippen molar-refractivity contribution < 1.29 is 0 Å². The van der Waals surface area contributed by atoms with Gasteiger partial charge in [0.1, 0.15) is 0 Å². The molecule has 2 rings (SSSR count). The Kier molecular flexibility index (Phi) is 8.42. The zero-order valence-corrected chi connectivity index (χ0v) is 15.4. The zero-order chi connectivity index (χ0) is 16.3. The number of rotatable bonds is 8. The molecule has 2 N–H and O–H groups in total. The third-order valence-electron chi connectivity index (χ3n) is 4.37. The van der Waals surface area contributed by atoms with Gasteiger partial charge < -0.3 is 20.4 Å². The fourth-order valence-corrected chi connectivity index (χ4v) is 3.46. The molecule has 1 saturated heterocycles. The highest BCUT2D eigenvalue weighted by Gasteiger charge is 2.14. The molecule has 2 heterocycles. The lowest BCUT2D eigenvalue weighted by atomic mass is 10.2. The molecular weight excluding hydrogens is 306 g/mol. The van der Waals surface area contributed by atoms with Crippen molar-refractivity contribution in [3.05, 3.63) is 22.4 Å². The van der Waals surface area contributed by atoms with Crippen LogP contribution >= 0.6 is 11.3 Å². The SMILES string of the molecule is CCN1CCN(CCCCNC(=NC)NCc2ccsc2)CC1. The van der Waals surface area contributed by atoms with Crippen LogP contribution in [0.15, 0.2) is 21.8 Å². The summed E-state index contributed by atoms with van der Waals surface area (Å²) < 4.78 is 0. The number of hydrogen-bond donors (Lipinski definition) is 2. The Morgan fingerprint density at radius 1 is 1.17 bits per heavy atom. The summed E-state index contributed by atoms with van der Waals surface area (Å²) in [6, 6.07) is 2.14. The summed E-state index contributed by atoms with van der Waals surface area (Å²) in [4.78, 5) is 9.40. The normalized spacial score (nSPS) is 17.4. The molecule has 1 aromatic heterocycles. The smallest absolute Gasteiger partial charge is 0.191 e. The maximum Gasteiger partial charge on any atom is 0.191 e. The van der Waals surface area contributed by atoms with Gasteiger partial charge in [-0.15, -0.1) is 0 Å². The first-order chi connectivity index (χ1) is 11.3. The second-order valence-corrected chi connectivity index (χ2v) is 6.75. The summed E-state index contributed by atoms with van der Waals surface area (Å²) in [6.45, 7) is 11.4. The molecular formula is C17H31N5S. The van der Waals surface area contributed by atoms with Crippen LogP contribution in [0.1, 0.15) is 25.3 Å². The van der Waals surface area contributed by atoms with Gasteiger partial charge >= 0.3 is 0 Å². The average Bonchev–Trinajstić information content (AvgIpc) is 3.11. The highest BCUT2D eigenvalue weighted by Crippen LogP contribution is 2.05. The van der Waals surface area contributed by atoms with Crippen molar-refractivity contribution >= 4 is 17.3 Å². The number of hydrogen-bond acceptors (Lipinski definition) is 4. The molecule has 0 bridgehead atoms. The fourth-order valence-electron chi connectivity index (χ4n) is 2.80. The Morgan fingerprint density at radius 3 is 2.61 bits per heavy atom. The van der Waals surface area contributed by atoms with Crippen molar-refractivity contribution in [2.24, 2.45) is 4.99 Å². The van der Waals surface area contributed by atoms with E-state index in [0.29, 0.717) is 0 Å². The van der Waals surface area contributed by atoms with Crippen molar-refractivity contribution in [1.82, 2.24) is 20.4 Å². The summed E-state index contributed by atoms with van der Waals surface area (Å²) in [7, 11) is 1.83. The van der Waals surface area contributed by atoms with Gasteiger partial charge in [0, 0.05) is 46.3 Å². The molecule has 23 heavy (non-hydrogen) atoms. The third kappa shape index (κ3) is 6.89. The van der Waals surface area contributed by atoms with Gasteiger partial charge in [-0.05, 0) is 48.3 Å². The quantitative estimate of drug-likeness (QED) is 0.431. The fraction of sp³-hybridized carbons (Fsp3) is 0.706. The summed E-state index contributed by atoms with van der Waals surface area (Å²) in [5, 5.41) is 11.0. The van der Waals surface area contributed by atoms with Crippen LogP contribution in [0, 0.1) is 0 Å². The van der Waals surface area contributed by atoms with Crippen LogP contribution in [-0.2, 0) is 6.54 Å². The number of nitrogens with zero attached hydrogens (tertiary/aromatic N) is 3. The van der Waals surface area contributed by atoms with Gasteiger partial charge in [-0.1, -0.05) is 6.92 Å². The van der Waals surface area contributed by atoms with Crippen molar-refractivity contribution in [2.45, 2.75) is 26.3 Å². The summed E-state index contributed by atoms with van der Waals surface area (Å²) in [6.07, 6.45) is 2.44. The minimum absolute atomic E-state index is 0.838. The number of guanidine groups is 1. The Labute approximate surface area is 144 Å². The van der Waals surface area contributed by atoms with E-state index < -0.39 is 0 Å². The van der Waals surface area contributed by atoms with Crippen LogP contribution in [0.2, 0.25) is 0 Å². The maximum atomic E-state index is 4.27. The lowest BCUT2D eigenvalue weighted by Gasteiger charge is -2.34. The van der Waals surface area contributed by atoms with E-state index in [2.05, 4.69) is 49.2 Å². The van der Waals surface area contributed by atoms with Crippen molar-refractivity contribution in [1.29, 1.82) is 0 Å². The molecule has 0 aromatic carbocycles. The van der Waals surface area contributed by atoms with E-state index >= 15 is 0 Å². The van der Waals surface area contributed by atoms with Gasteiger partial charge in [0.05, 0.1) is 0 Å². The van der Waals surface area contributed by atoms with Crippen LogP contribution in [0.5, 0.6) is 0 Å². The minimum atomic E-state index is 0.838. The van der Waals surface area contributed by atoms with E-state index in [-0.39, 0.29) is 0 Å². The number of piperazine rings is 1. The molecule has 0 unspecified atom stereocenters. The Morgan fingerprint density at radius 2 is 1.96 bits per heavy atom. The molecule has 1 fully saturated rings. The molecule has 1 aliphatic heterocycles. The first kappa shape index (κ1) is 18.2. The van der Waals surface area contributed by atoms with Gasteiger partial charge in [-0.3, -0.25) is 4.99 Å². The van der Waals surface area contributed by atoms with E-state index in [1.165, 1.54) is 57.7 Å². The lowest BCUT2D eigenvalue weighted by Crippen LogP contribution is -2.46. The van der Waals surface area contributed by atoms with Gasteiger partial charge in [0.25, 0.3) is 0 Å². The number of nitrogens with one attached hydrogen (secondary N) is 2. The largest absolute Gasteiger partial charge is 0.356 e. The molecule has 6 heteroatoms. The van der Waals surface area contributed by atoms with E-state index in [1.807, 2.05) is 7.05 Å². The van der Waals surface area contributed by atoms with Gasteiger partial charge in [0.2, 0.25) is 0 Å². The van der Waals surface area contributed by atoms with Gasteiger partial charge in [-0.2, -0.15) is 11.3 Å². The Bertz CT molecular complexity index is 438. The predicted molar refractivity (Wildman–Crippen MR) is 100 cm³/mol. The van der Waals surface area contributed by atoms with E-state index in [4.69, 9.17) is 0 Å². The summed E-state index contributed by atoms with van der Waals surface area (Å²) >= 11 is 1.73. The Hall–Kier alpha value is -1.11. The number of thiophene rings is 1. The average molecular weight is 338 g/mol. The standard InChI is InChI=1S/C17H31N5S/c1-3-21-9-11-22(12-10-21)8-5-4-7-19-17(18-2)20-14-16-6-13-23-15-16/h6,13,15H,3-5,7-12,14H2,1-2H3,(H2,18,19,20). The molecule has 5 nitrogen and oxygen atoms in total. The molecule has 1 aliphatic rings. The summed E-state index contributed by atoms with van der Waals surface area (Å²) in [5.74, 6) is 0.896. The molecule has 0 aliphatic carbocycles. The van der Waals surface area contributed by atoms with Crippen LogP contribution in [-0.4, -0.2) is 68.6 Å². The molecule has 130 valence electrons. The molecule has 1 aromatic rings. The molecule has 0 amide bonds. The van der Waals surface area contributed by atoms with Gasteiger partial charge in [0.15, 0.2) is 5.96 Å². The monoisotopic (exact) mass is 337 g/mol. The van der Waals surface area contributed by atoms with Crippen LogP contribution in [0.3, 0.4) is 0 Å². The molecule has 0 atom stereocenters. The minimum Gasteiger partial charge on any atom is -0.356 e. The number of likely N-dealkylation sites (N-methyl/N-ethyl adjacent to an activating group) is 1. The highest BCUT2D eigenvalue weighted by molar-refractivity contribution is 7.07. The topological polar surface area (TPSA) is 42.9 Å². The molecule has 0 spiro atoms. The first-order valence-corrected chi connectivity index (χ1v) is 9.66. The Balaban J connectivity index is 1.50. The van der Waals surface area contributed by atoms with Crippen LogP contribution in [0.4, 0.5) is 0 Å². The van der Waals surface area contributed by atoms with Crippen molar-refractivity contribution in [2.75, 3.05) is 52.9 Å². The number of unbranched alkanes of at least 4 members (excludes halogenated alkanes) is 1. The number of aliphatic imine (C=N–C) groups is 1. The lowest BCUT2D eigenvalue weighted by molar-refractivity contribution is 0.136. The predicted octanol–water partition coefficient (Wildman–Crippen LogP) is 1.83. The zero-order valence-electron chi connectivity index (χ0n) is 14.6.